The fourth-order valence-electron chi connectivity index (χ4n) is 1.57. The Balaban J connectivity index is 1.97. The maximum Gasteiger partial charge on any atom is 0.138 e. The Morgan fingerprint density at radius 2 is 1.47 bits per heavy atom. The third-order valence-corrected chi connectivity index (χ3v) is 2.48. The van der Waals surface area contributed by atoms with Crippen molar-refractivity contribution in [1.29, 1.82) is 0 Å². The summed E-state index contributed by atoms with van der Waals surface area (Å²) >= 11 is 0. The topological polar surface area (TPSA) is 44.5 Å². The molecule has 0 radical (unpaired) electrons. The van der Waals surface area contributed by atoms with Gasteiger partial charge in [0.05, 0.1) is 0 Å². The summed E-state index contributed by atoms with van der Waals surface area (Å²) in [6, 6.07) is 19.4. The lowest BCUT2D eigenvalue weighted by atomic mass is 10.1. The maximum absolute atomic E-state index is 5.61. The molecule has 2 rings (SSSR count). The van der Waals surface area contributed by atoms with Crippen molar-refractivity contribution in [3.8, 4) is 5.75 Å². The molecule has 0 aliphatic carbocycles. The molecular weight excluding hydrogens is 214 g/mol. The minimum Gasteiger partial charge on any atom is -0.490 e. The van der Waals surface area contributed by atoms with Crippen LogP contribution in [0.2, 0.25) is 0 Å². The number of hydrogen-bond donors (Lipinski definition) is 1. The largest absolute Gasteiger partial charge is 0.490 e. The Morgan fingerprint density at radius 3 is 2.06 bits per heavy atom. The van der Waals surface area contributed by atoms with E-state index in [1.165, 1.54) is 0 Å². The lowest BCUT2D eigenvalue weighted by Gasteiger charge is -2.15. The van der Waals surface area contributed by atoms with Crippen molar-refractivity contribution in [2.45, 2.75) is 6.10 Å². The summed E-state index contributed by atoms with van der Waals surface area (Å²) in [4.78, 5) is 4.93. The van der Waals surface area contributed by atoms with Gasteiger partial charge in [-0.2, -0.15) is 0 Å². The average Bonchev–Trinajstić information content (AvgIpc) is 2.42. The van der Waals surface area contributed by atoms with Crippen molar-refractivity contribution in [2.24, 2.45) is 5.90 Å². The van der Waals surface area contributed by atoms with Gasteiger partial charge in [-0.3, -0.25) is 4.84 Å². The molecule has 88 valence electrons. The van der Waals surface area contributed by atoms with Gasteiger partial charge in [0, 0.05) is 0 Å². The van der Waals surface area contributed by atoms with E-state index in [0.717, 1.165) is 11.3 Å². The standard InChI is InChI=1S/C14H15NO2/c15-17-14(12-7-3-1-4-8-12)11-16-13-9-5-2-6-10-13/h1-10,14H,11,15H2. The molecule has 1 unspecified atom stereocenters. The molecule has 0 saturated carbocycles. The second-order valence-corrected chi connectivity index (χ2v) is 3.66. The first-order valence-electron chi connectivity index (χ1n) is 5.48. The quantitative estimate of drug-likeness (QED) is 0.802. The predicted molar refractivity (Wildman–Crippen MR) is 66.4 cm³/mol. The molecule has 0 spiro atoms. The SMILES string of the molecule is NOC(COc1ccccc1)c1ccccc1. The van der Waals surface area contributed by atoms with E-state index in [-0.39, 0.29) is 6.10 Å². The van der Waals surface area contributed by atoms with Crippen molar-refractivity contribution in [3.63, 3.8) is 0 Å². The lowest BCUT2D eigenvalue weighted by molar-refractivity contribution is 0.0182. The Hall–Kier alpha value is -1.84. The van der Waals surface area contributed by atoms with Gasteiger partial charge in [0.1, 0.15) is 18.5 Å². The molecule has 3 nitrogen and oxygen atoms in total. The van der Waals surface area contributed by atoms with E-state index in [4.69, 9.17) is 15.5 Å². The van der Waals surface area contributed by atoms with E-state index in [9.17, 15) is 0 Å². The van der Waals surface area contributed by atoms with Crippen LogP contribution >= 0.6 is 0 Å². The number of ether oxygens (including phenoxy) is 1. The van der Waals surface area contributed by atoms with Crippen LogP contribution in [0, 0.1) is 0 Å². The van der Waals surface area contributed by atoms with Crippen LogP contribution in [-0.2, 0) is 4.84 Å². The summed E-state index contributed by atoms with van der Waals surface area (Å²) in [6.07, 6.45) is -0.253. The Labute approximate surface area is 101 Å². The maximum atomic E-state index is 5.61. The molecule has 0 bridgehead atoms. The van der Waals surface area contributed by atoms with E-state index in [0.29, 0.717) is 6.61 Å². The highest BCUT2D eigenvalue weighted by atomic mass is 16.6. The van der Waals surface area contributed by atoms with Gasteiger partial charge in [0.15, 0.2) is 0 Å². The second-order valence-electron chi connectivity index (χ2n) is 3.66. The summed E-state index contributed by atoms with van der Waals surface area (Å²) in [5.74, 6) is 6.10. The monoisotopic (exact) mass is 229 g/mol. The smallest absolute Gasteiger partial charge is 0.138 e. The van der Waals surface area contributed by atoms with E-state index in [2.05, 4.69) is 0 Å². The molecule has 2 N–H and O–H groups in total. The minimum absolute atomic E-state index is 0.253. The van der Waals surface area contributed by atoms with Crippen LogP contribution in [0.4, 0.5) is 0 Å². The van der Waals surface area contributed by atoms with Crippen molar-refractivity contribution >= 4 is 0 Å². The van der Waals surface area contributed by atoms with Crippen LogP contribution in [-0.4, -0.2) is 6.61 Å². The first kappa shape index (κ1) is 11.6. The Bertz CT molecular complexity index is 430. The van der Waals surface area contributed by atoms with Crippen molar-refractivity contribution in [2.75, 3.05) is 6.61 Å². The summed E-state index contributed by atoms with van der Waals surface area (Å²) in [7, 11) is 0. The van der Waals surface area contributed by atoms with Crippen LogP contribution in [0.15, 0.2) is 60.7 Å². The van der Waals surface area contributed by atoms with Crippen molar-refractivity contribution < 1.29 is 9.57 Å². The molecule has 2 aromatic rings. The van der Waals surface area contributed by atoms with Gasteiger partial charge in [-0.1, -0.05) is 48.5 Å². The summed E-state index contributed by atoms with van der Waals surface area (Å²) in [5, 5.41) is 0. The highest BCUT2D eigenvalue weighted by Crippen LogP contribution is 2.17. The molecule has 0 amide bonds. The molecule has 0 aliphatic heterocycles. The zero-order valence-corrected chi connectivity index (χ0v) is 9.45. The molecule has 0 saturated heterocycles. The first-order chi connectivity index (χ1) is 8.40. The highest BCUT2D eigenvalue weighted by Gasteiger charge is 2.11. The summed E-state index contributed by atoms with van der Waals surface area (Å²) in [6.45, 7) is 0.393. The molecule has 17 heavy (non-hydrogen) atoms. The molecule has 2 aromatic carbocycles. The zero-order valence-electron chi connectivity index (χ0n) is 9.45. The number of benzene rings is 2. The van der Waals surface area contributed by atoms with E-state index >= 15 is 0 Å². The average molecular weight is 229 g/mol. The Morgan fingerprint density at radius 1 is 0.882 bits per heavy atom. The molecular formula is C14H15NO2. The number of nitrogens with two attached hydrogens (primary N) is 1. The third kappa shape index (κ3) is 3.31. The molecule has 0 fully saturated rings. The highest BCUT2D eigenvalue weighted by molar-refractivity contribution is 5.22. The van der Waals surface area contributed by atoms with Crippen LogP contribution in [0.3, 0.4) is 0 Å². The van der Waals surface area contributed by atoms with E-state index in [1.54, 1.807) is 0 Å². The number of para-hydroxylation sites is 1. The van der Waals surface area contributed by atoms with Gasteiger partial charge in [0.25, 0.3) is 0 Å². The van der Waals surface area contributed by atoms with Gasteiger partial charge in [-0.25, -0.2) is 5.90 Å². The van der Waals surface area contributed by atoms with Gasteiger partial charge in [0.2, 0.25) is 0 Å². The Kier molecular flexibility index (Phi) is 4.13. The van der Waals surface area contributed by atoms with Gasteiger partial charge < -0.3 is 4.74 Å². The molecule has 0 heterocycles. The molecule has 3 heteroatoms. The van der Waals surface area contributed by atoms with Crippen molar-refractivity contribution in [1.82, 2.24) is 0 Å². The van der Waals surface area contributed by atoms with E-state index in [1.807, 2.05) is 60.7 Å². The zero-order chi connectivity index (χ0) is 11.9. The fourth-order valence-corrected chi connectivity index (χ4v) is 1.57. The number of hydrogen-bond acceptors (Lipinski definition) is 3. The predicted octanol–water partition coefficient (Wildman–Crippen LogP) is 2.70. The fraction of sp³-hybridized carbons (Fsp3) is 0.143. The molecule has 0 aliphatic rings. The molecule has 1 atom stereocenters. The lowest BCUT2D eigenvalue weighted by Crippen LogP contribution is -2.17. The summed E-state index contributed by atoms with van der Waals surface area (Å²) in [5.41, 5.74) is 1.01. The van der Waals surface area contributed by atoms with Crippen LogP contribution in [0.1, 0.15) is 11.7 Å². The molecule has 0 aromatic heterocycles. The van der Waals surface area contributed by atoms with Gasteiger partial charge in [-0.05, 0) is 17.7 Å². The van der Waals surface area contributed by atoms with Crippen LogP contribution in [0.5, 0.6) is 5.75 Å². The first-order valence-corrected chi connectivity index (χ1v) is 5.48. The van der Waals surface area contributed by atoms with Gasteiger partial charge in [-0.15, -0.1) is 0 Å². The van der Waals surface area contributed by atoms with E-state index < -0.39 is 0 Å². The van der Waals surface area contributed by atoms with Gasteiger partial charge >= 0.3 is 0 Å². The third-order valence-electron chi connectivity index (χ3n) is 2.48. The summed E-state index contributed by atoms with van der Waals surface area (Å²) < 4.78 is 5.61. The van der Waals surface area contributed by atoms with Crippen LogP contribution < -0.4 is 10.6 Å². The number of rotatable bonds is 5. The van der Waals surface area contributed by atoms with Crippen molar-refractivity contribution in [3.05, 3.63) is 66.2 Å². The second kappa shape index (κ2) is 6.03. The van der Waals surface area contributed by atoms with Crippen LogP contribution in [0.25, 0.3) is 0 Å². The minimum atomic E-state index is -0.253. The normalized spacial score (nSPS) is 12.1.